The number of carbonyl (C=O) groups excluding carboxylic acids is 1. The number of hydrogen-bond acceptors (Lipinski definition) is 2. The van der Waals surface area contributed by atoms with Crippen molar-refractivity contribution in [2.75, 3.05) is 0 Å². The van der Waals surface area contributed by atoms with Crippen molar-refractivity contribution in [3.63, 3.8) is 0 Å². The predicted molar refractivity (Wildman–Crippen MR) is 85.4 cm³/mol. The van der Waals surface area contributed by atoms with Crippen LogP contribution in [0.15, 0.2) is 6.07 Å². The fraction of sp³-hybridized carbons (Fsp3) is 0.706. The van der Waals surface area contributed by atoms with Crippen molar-refractivity contribution in [2.24, 2.45) is 0 Å². The van der Waals surface area contributed by atoms with Crippen LogP contribution in [0.2, 0.25) is 0 Å². The molecule has 0 atom stereocenters. The molecule has 1 nitrogen and oxygen atoms in total. The van der Waals surface area contributed by atoms with Gasteiger partial charge in [0.25, 0.3) is 0 Å². The maximum absolute atomic E-state index is 11.1. The lowest BCUT2D eigenvalue weighted by Crippen LogP contribution is -1.86. The summed E-state index contributed by atoms with van der Waals surface area (Å²) in [5.74, 6) is 0. The van der Waals surface area contributed by atoms with Gasteiger partial charge in [-0.2, -0.15) is 0 Å². The van der Waals surface area contributed by atoms with Crippen molar-refractivity contribution < 1.29 is 4.79 Å². The molecule has 1 rings (SSSR count). The van der Waals surface area contributed by atoms with Crippen molar-refractivity contribution in [1.29, 1.82) is 0 Å². The number of aldehydes is 1. The quantitative estimate of drug-likeness (QED) is 0.369. The summed E-state index contributed by atoms with van der Waals surface area (Å²) in [6.07, 6.45) is 13.6. The summed E-state index contributed by atoms with van der Waals surface area (Å²) in [6, 6.07) is 2.12. The van der Waals surface area contributed by atoms with Gasteiger partial charge in [-0.25, -0.2) is 0 Å². The molecule has 0 aromatic carbocycles. The molecule has 2 heteroatoms. The SMILES string of the molecule is CCCCCCc1cc(C=O)c(CCCCCC)s1. The molecular formula is C17H28OS. The first-order valence-corrected chi connectivity index (χ1v) is 8.70. The molecule has 19 heavy (non-hydrogen) atoms. The van der Waals surface area contributed by atoms with Crippen LogP contribution in [0.1, 0.15) is 85.3 Å². The van der Waals surface area contributed by atoms with Gasteiger partial charge in [0.15, 0.2) is 6.29 Å². The number of thiophene rings is 1. The van der Waals surface area contributed by atoms with Gasteiger partial charge < -0.3 is 0 Å². The fourth-order valence-electron chi connectivity index (χ4n) is 2.36. The highest BCUT2D eigenvalue weighted by Gasteiger charge is 2.08. The number of rotatable bonds is 11. The minimum Gasteiger partial charge on any atom is -0.298 e. The zero-order chi connectivity index (χ0) is 13.9. The Morgan fingerprint density at radius 1 is 0.947 bits per heavy atom. The summed E-state index contributed by atoms with van der Waals surface area (Å²) >= 11 is 1.87. The first-order valence-electron chi connectivity index (χ1n) is 7.88. The highest BCUT2D eigenvalue weighted by molar-refractivity contribution is 7.12. The second kappa shape index (κ2) is 10.2. The Morgan fingerprint density at radius 3 is 2.16 bits per heavy atom. The Bertz CT molecular complexity index is 354. The Kier molecular flexibility index (Phi) is 8.81. The summed E-state index contributed by atoms with van der Waals surface area (Å²) in [4.78, 5) is 13.8. The molecular weight excluding hydrogens is 252 g/mol. The topological polar surface area (TPSA) is 17.1 Å². The van der Waals surface area contributed by atoms with Gasteiger partial charge >= 0.3 is 0 Å². The molecule has 108 valence electrons. The maximum Gasteiger partial charge on any atom is 0.151 e. The normalized spacial score (nSPS) is 10.8. The van der Waals surface area contributed by atoms with E-state index in [1.165, 1.54) is 61.1 Å². The molecule has 0 fully saturated rings. The molecule has 0 spiro atoms. The van der Waals surface area contributed by atoms with Gasteiger partial charge in [-0.15, -0.1) is 11.3 Å². The molecule has 0 saturated carbocycles. The lowest BCUT2D eigenvalue weighted by Gasteiger charge is -1.99. The number of aryl methyl sites for hydroxylation is 2. The van der Waals surface area contributed by atoms with Crippen molar-refractivity contribution >= 4 is 17.6 Å². The van der Waals surface area contributed by atoms with E-state index in [-0.39, 0.29) is 0 Å². The van der Waals surface area contributed by atoms with E-state index in [0.29, 0.717) is 0 Å². The van der Waals surface area contributed by atoms with Crippen LogP contribution in [-0.2, 0) is 12.8 Å². The van der Waals surface area contributed by atoms with Gasteiger partial charge in [0.1, 0.15) is 0 Å². The Hall–Kier alpha value is -0.630. The zero-order valence-corrected chi connectivity index (χ0v) is 13.4. The van der Waals surface area contributed by atoms with Crippen LogP contribution in [0.25, 0.3) is 0 Å². The van der Waals surface area contributed by atoms with Crippen molar-refractivity contribution in [3.8, 4) is 0 Å². The Labute approximate surface area is 122 Å². The summed E-state index contributed by atoms with van der Waals surface area (Å²) < 4.78 is 0. The van der Waals surface area contributed by atoms with E-state index in [4.69, 9.17) is 0 Å². The van der Waals surface area contributed by atoms with Crippen LogP contribution in [0.5, 0.6) is 0 Å². The van der Waals surface area contributed by atoms with Gasteiger partial charge in [0.05, 0.1) is 0 Å². The minimum atomic E-state index is 0.951. The fourth-order valence-corrected chi connectivity index (χ4v) is 3.58. The van der Waals surface area contributed by atoms with Crippen LogP contribution < -0.4 is 0 Å². The monoisotopic (exact) mass is 280 g/mol. The largest absolute Gasteiger partial charge is 0.298 e. The first-order chi connectivity index (χ1) is 9.31. The van der Waals surface area contributed by atoms with Crippen LogP contribution >= 0.6 is 11.3 Å². The molecule has 1 aromatic heterocycles. The van der Waals surface area contributed by atoms with Gasteiger partial charge in [0.2, 0.25) is 0 Å². The number of hydrogen-bond donors (Lipinski definition) is 0. The van der Waals surface area contributed by atoms with Crippen LogP contribution in [0.3, 0.4) is 0 Å². The molecule has 0 bridgehead atoms. The average Bonchev–Trinajstić information content (AvgIpc) is 2.82. The Balaban J connectivity index is 2.42. The van der Waals surface area contributed by atoms with Gasteiger partial charge in [-0.1, -0.05) is 52.4 Å². The van der Waals surface area contributed by atoms with E-state index in [1.54, 1.807) is 0 Å². The molecule has 0 N–H and O–H groups in total. The predicted octanol–water partition coefficient (Wildman–Crippen LogP) is 5.81. The summed E-state index contributed by atoms with van der Waals surface area (Å²) in [6.45, 7) is 4.47. The molecule has 0 aliphatic heterocycles. The average molecular weight is 280 g/mol. The first kappa shape index (κ1) is 16.4. The van der Waals surface area contributed by atoms with Crippen LogP contribution in [0, 0.1) is 0 Å². The third-order valence-electron chi connectivity index (χ3n) is 3.55. The molecule has 0 amide bonds. The third kappa shape index (κ3) is 6.38. The molecule has 0 radical (unpaired) electrons. The van der Waals surface area contributed by atoms with E-state index in [1.807, 2.05) is 11.3 Å². The van der Waals surface area contributed by atoms with Gasteiger partial charge in [0, 0.05) is 15.3 Å². The lowest BCUT2D eigenvalue weighted by molar-refractivity contribution is 0.112. The molecule has 1 aromatic rings. The molecule has 0 unspecified atom stereocenters. The van der Waals surface area contributed by atoms with Gasteiger partial charge in [-0.05, 0) is 31.7 Å². The van der Waals surface area contributed by atoms with Gasteiger partial charge in [-0.3, -0.25) is 4.79 Å². The van der Waals surface area contributed by atoms with Crippen molar-refractivity contribution in [2.45, 2.75) is 78.1 Å². The molecule has 0 aliphatic carbocycles. The van der Waals surface area contributed by atoms with Crippen molar-refractivity contribution in [1.82, 2.24) is 0 Å². The molecule has 0 saturated heterocycles. The van der Waals surface area contributed by atoms with E-state index in [2.05, 4.69) is 19.9 Å². The summed E-state index contributed by atoms with van der Waals surface area (Å²) in [5, 5.41) is 0. The summed E-state index contributed by atoms with van der Waals surface area (Å²) in [7, 11) is 0. The second-order valence-corrected chi connectivity index (χ2v) is 6.55. The highest BCUT2D eigenvalue weighted by atomic mass is 32.1. The standard InChI is InChI=1S/C17H28OS/c1-3-5-7-9-11-16-13-15(14-18)17(19-16)12-10-8-6-4-2/h13-14H,3-12H2,1-2H3. The summed E-state index contributed by atoms with van der Waals surface area (Å²) in [5.41, 5.74) is 0.951. The van der Waals surface area contributed by atoms with E-state index < -0.39 is 0 Å². The highest BCUT2D eigenvalue weighted by Crippen LogP contribution is 2.25. The number of carbonyl (C=O) groups is 1. The van der Waals surface area contributed by atoms with Crippen molar-refractivity contribution in [3.05, 3.63) is 21.4 Å². The van der Waals surface area contributed by atoms with Crippen LogP contribution in [-0.4, -0.2) is 6.29 Å². The number of unbranched alkanes of at least 4 members (excludes halogenated alkanes) is 6. The zero-order valence-electron chi connectivity index (χ0n) is 12.5. The van der Waals surface area contributed by atoms with E-state index in [9.17, 15) is 4.79 Å². The van der Waals surface area contributed by atoms with Crippen LogP contribution in [0.4, 0.5) is 0 Å². The van der Waals surface area contributed by atoms with E-state index >= 15 is 0 Å². The Morgan fingerprint density at radius 2 is 1.58 bits per heavy atom. The molecule has 0 aliphatic rings. The second-order valence-electron chi connectivity index (χ2n) is 5.33. The third-order valence-corrected chi connectivity index (χ3v) is 4.82. The molecule has 1 heterocycles. The maximum atomic E-state index is 11.1. The van der Waals surface area contributed by atoms with E-state index in [0.717, 1.165) is 24.7 Å². The smallest absolute Gasteiger partial charge is 0.151 e. The minimum absolute atomic E-state index is 0.951. The lowest BCUT2D eigenvalue weighted by atomic mass is 10.1.